The maximum atomic E-state index is 2.38. The second-order valence-corrected chi connectivity index (χ2v) is 7.52. The number of anilines is 1. The normalized spacial score (nSPS) is 11.8. The molecule has 0 spiro atoms. The third kappa shape index (κ3) is 2.90. The first kappa shape index (κ1) is 16.8. The third-order valence-corrected chi connectivity index (χ3v) is 5.76. The lowest BCUT2D eigenvalue weighted by Gasteiger charge is -2.24. The number of benzene rings is 4. The van der Waals surface area contributed by atoms with Crippen LogP contribution in [0.25, 0.3) is 22.3 Å². The Labute approximate surface area is 166 Å². The molecule has 0 unspecified atom stereocenters. The molecule has 28 heavy (non-hydrogen) atoms. The van der Waals surface area contributed by atoms with Gasteiger partial charge in [0.05, 0.1) is 0 Å². The second kappa shape index (κ2) is 7.01. The van der Waals surface area contributed by atoms with E-state index in [-0.39, 0.29) is 0 Å². The standard InChI is InChI=1S/C27H23N/c1-28(27-17-8-7-15-24(27)20-10-3-2-4-11-20)19-22-13-9-16-25-23-14-6-5-12-21(23)18-26(22)25/h2-17H,18-19H2,1H3. The molecule has 1 aliphatic rings. The van der Waals surface area contributed by atoms with Gasteiger partial charge in [0.25, 0.3) is 0 Å². The van der Waals surface area contributed by atoms with Crippen LogP contribution in [0.3, 0.4) is 0 Å². The van der Waals surface area contributed by atoms with Crippen molar-refractivity contribution < 1.29 is 0 Å². The van der Waals surface area contributed by atoms with Gasteiger partial charge in [0.2, 0.25) is 0 Å². The summed E-state index contributed by atoms with van der Waals surface area (Å²) in [5.41, 5.74) is 10.9. The predicted octanol–water partition coefficient (Wildman–Crippen LogP) is 6.56. The fourth-order valence-electron chi connectivity index (χ4n) is 4.38. The van der Waals surface area contributed by atoms with Gasteiger partial charge in [-0.2, -0.15) is 0 Å². The van der Waals surface area contributed by atoms with Crippen molar-refractivity contribution in [2.45, 2.75) is 13.0 Å². The summed E-state index contributed by atoms with van der Waals surface area (Å²) in [4.78, 5) is 2.38. The Kier molecular flexibility index (Phi) is 4.21. The van der Waals surface area contributed by atoms with Gasteiger partial charge in [-0.05, 0) is 45.9 Å². The van der Waals surface area contributed by atoms with Gasteiger partial charge in [0.15, 0.2) is 0 Å². The zero-order valence-corrected chi connectivity index (χ0v) is 16.1. The highest BCUT2D eigenvalue weighted by Crippen LogP contribution is 2.39. The number of para-hydroxylation sites is 1. The first-order chi connectivity index (χ1) is 13.8. The van der Waals surface area contributed by atoms with E-state index in [1.807, 2.05) is 0 Å². The Balaban J connectivity index is 1.50. The molecule has 5 rings (SSSR count). The molecule has 1 heteroatoms. The Morgan fingerprint density at radius 1 is 0.643 bits per heavy atom. The molecule has 0 radical (unpaired) electrons. The molecule has 0 amide bonds. The maximum absolute atomic E-state index is 2.38. The lowest BCUT2D eigenvalue weighted by molar-refractivity contribution is 0.911. The smallest absolute Gasteiger partial charge is 0.0446 e. The minimum absolute atomic E-state index is 0.904. The van der Waals surface area contributed by atoms with Crippen molar-refractivity contribution >= 4 is 5.69 Å². The monoisotopic (exact) mass is 361 g/mol. The average Bonchev–Trinajstić information content (AvgIpc) is 3.14. The number of hydrogen-bond donors (Lipinski definition) is 0. The molecular formula is C27H23N. The molecule has 4 aromatic rings. The van der Waals surface area contributed by atoms with E-state index in [4.69, 9.17) is 0 Å². The Morgan fingerprint density at radius 2 is 1.32 bits per heavy atom. The molecule has 0 saturated carbocycles. The van der Waals surface area contributed by atoms with Crippen LogP contribution in [0, 0.1) is 0 Å². The fourth-order valence-corrected chi connectivity index (χ4v) is 4.38. The summed E-state index contributed by atoms with van der Waals surface area (Å²) < 4.78 is 0. The number of rotatable bonds is 4. The SMILES string of the molecule is CN(Cc1cccc2c1Cc1ccccc1-2)c1ccccc1-c1ccccc1. The number of hydrogen-bond acceptors (Lipinski definition) is 1. The van der Waals surface area contributed by atoms with Gasteiger partial charge in [0.1, 0.15) is 0 Å². The summed E-state index contributed by atoms with van der Waals surface area (Å²) in [6.45, 7) is 0.904. The van der Waals surface area contributed by atoms with Crippen molar-refractivity contribution in [3.8, 4) is 22.3 Å². The minimum Gasteiger partial charge on any atom is -0.370 e. The van der Waals surface area contributed by atoms with Crippen LogP contribution in [0.15, 0.2) is 97.1 Å². The van der Waals surface area contributed by atoms with Gasteiger partial charge in [-0.1, -0.05) is 91.0 Å². The van der Waals surface area contributed by atoms with Crippen molar-refractivity contribution in [2.24, 2.45) is 0 Å². The molecule has 4 aromatic carbocycles. The van der Waals surface area contributed by atoms with Gasteiger partial charge in [-0.15, -0.1) is 0 Å². The third-order valence-electron chi connectivity index (χ3n) is 5.76. The molecule has 0 heterocycles. The van der Waals surface area contributed by atoms with Crippen LogP contribution in [-0.2, 0) is 13.0 Å². The summed E-state index contributed by atoms with van der Waals surface area (Å²) in [5, 5.41) is 0. The highest BCUT2D eigenvalue weighted by Gasteiger charge is 2.21. The summed E-state index contributed by atoms with van der Waals surface area (Å²) >= 11 is 0. The van der Waals surface area contributed by atoms with Crippen molar-refractivity contribution in [3.63, 3.8) is 0 Å². The molecule has 0 atom stereocenters. The summed E-state index contributed by atoms with van der Waals surface area (Å²) in [7, 11) is 2.20. The lowest BCUT2D eigenvalue weighted by Crippen LogP contribution is -2.18. The molecule has 1 nitrogen and oxygen atoms in total. The Morgan fingerprint density at radius 3 is 2.18 bits per heavy atom. The van der Waals surface area contributed by atoms with Crippen molar-refractivity contribution in [1.82, 2.24) is 0 Å². The first-order valence-corrected chi connectivity index (χ1v) is 9.86. The molecule has 136 valence electrons. The van der Waals surface area contributed by atoms with Crippen LogP contribution in [0.1, 0.15) is 16.7 Å². The number of fused-ring (bicyclic) bond motifs is 3. The van der Waals surface area contributed by atoms with E-state index in [0.717, 1.165) is 13.0 Å². The van der Waals surface area contributed by atoms with E-state index < -0.39 is 0 Å². The summed E-state index contributed by atoms with van der Waals surface area (Å²) in [6, 6.07) is 34.9. The molecule has 0 saturated heterocycles. The van der Waals surface area contributed by atoms with Crippen LogP contribution < -0.4 is 4.90 Å². The summed E-state index contributed by atoms with van der Waals surface area (Å²) in [5.74, 6) is 0. The lowest BCUT2D eigenvalue weighted by atomic mass is 9.99. The quantitative estimate of drug-likeness (QED) is 0.350. The molecule has 1 aliphatic carbocycles. The van der Waals surface area contributed by atoms with E-state index in [9.17, 15) is 0 Å². The summed E-state index contributed by atoms with van der Waals surface area (Å²) in [6.07, 6.45) is 1.04. The van der Waals surface area contributed by atoms with Gasteiger partial charge in [-0.3, -0.25) is 0 Å². The van der Waals surface area contributed by atoms with Crippen molar-refractivity contribution in [1.29, 1.82) is 0 Å². The van der Waals surface area contributed by atoms with Crippen LogP contribution in [0.4, 0.5) is 5.69 Å². The van der Waals surface area contributed by atoms with E-state index in [1.165, 1.54) is 44.6 Å². The largest absolute Gasteiger partial charge is 0.370 e. The first-order valence-electron chi connectivity index (χ1n) is 9.86. The van der Waals surface area contributed by atoms with E-state index in [0.29, 0.717) is 0 Å². The van der Waals surface area contributed by atoms with E-state index in [2.05, 4.69) is 109 Å². The van der Waals surface area contributed by atoms with Gasteiger partial charge in [0, 0.05) is 24.8 Å². The maximum Gasteiger partial charge on any atom is 0.0446 e. The Bertz CT molecular complexity index is 1130. The van der Waals surface area contributed by atoms with Crippen molar-refractivity contribution in [2.75, 3.05) is 11.9 Å². The van der Waals surface area contributed by atoms with E-state index in [1.54, 1.807) is 0 Å². The molecule has 0 aromatic heterocycles. The Hall–Kier alpha value is -3.32. The molecule has 0 N–H and O–H groups in total. The predicted molar refractivity (Wildman–Crippen MR) is 119 cm³/mol. The van der Waals surface area contributed by atoms with Crippen LogP contribution in [0.2, 0.25) is 0 Å². The topological polar surface area (TPSA) is 3.24 Å². The zero-order chi connectivity index (χ0) is 18.9. The molecular weight excluding hydrogens is 338 g/mol. The van der Waals surface area contributed by atoms with E-state index >= 15 is 0 Å². The fraction of sp³-hybridized carbons (Fsp3) is 0.111. The molecule has 0 aliphatic heterocycles. The molecule has 0 bridgehead atoms. The van der Waals surface area contributed by atoms with Gasteiger partial charge < -0.3 is 4.90 Å². The average molecular weight is 361 g/mol. The van der Waals surface area contributed by atoms with Gasteiger partial charge in [-0.25, -0.2) is 0 Å². The molecule has 0 fully saturated rings. The minimum atomic E-state index is 0.904. The highest BCUT2D eigenvalue weighted by atomic mass is 15.1. The highest BCUT2D eigenvalue weighted by molar-refractivity contribution is 5.80. The van der Waals surface area contributed by atoms with Crippen molar-refractivity contribution in [3.05, 3.63) is 114 Å². The van der Waals surface area contributed by atoms with Crippen LogP contribution in [-0.4, -0.2) is 7.05 Å². The van der Waals surface area contributed by atoms with Gasteiger partial charge >= 0.3 is 0 Å². The number of nitrogens with zero attached hydrogens (tertiary/aromatic N) is 1. The van der Waals surface area contributed by atoms with Crippen LogP contribution in [0.5, 0.6) is 0 Å². The van der Waals surface area contributed by atoms with Crippen LogP contribution >= 0.6 is 0 Å². The zero-order valence-electron chi connectivity index (χ0n) is 16.1. The second-order valence-electron chi connectivity index (χ2n) is 7.52.